The summed E-state index contributed by atoms with van der Waals surface area (Å²) in [5.41, 5.74) is 1.86. The van der Waals surface area contributed by atoms with Crippen LogP contribution in [0.3, 0.4) is 0 Å². The van der Waals surface area contributed by atoms with Crippen molar-refractivity contribution in [2.45, 2.75) is 31.3 Å². The predicted octanol–water partition coefficient (Wildman–Crippen LogP) is 4.66. The van der Waals surface area contributed by atoms with Gasteiger partial charge < -0.3 is 10.2 Å². The number of anilines is 1. The van der Waals surface area contributed by atoms with E-state index in [4.69, 9.17) is 23.2 Å². The largest absolute Gasteiger partial charge is 0.357 e. The van der Waals surface area contributed by atoms with Crippen LogP contribution in [0.15, 0.2) is 77.7 Å². The molecule has 7 nitrogen and oxygen atoms in total. The van der Waals surface area contributed by atoms with Gasteiger partial charge >= 0.3 is 0 Å². The first kappa shape index (κ1) is 27.5. The zero-order valence-corrected chi connectivity index (χ0v) is 22.4. The summed E-state index contributed by atoms with van der Waals surface area (Å²) in [7, 11) is -2.69. The molecule has 10 heteroatoms. The van der Waals surface area contributed by atoms with Crippen molar-refractivity contribution in [3.05, 3.63) is 94.0 Å². The number of likely N-dealkylation sites (N-methyl/N-ethyl adjacent to an activating group) is 1. The molecule has 0 aliphatic heterocycles. The molecular formula is C26H27Cl2N3O4S. The summed E-state index contributed by atoms with van der Waals surface area (Å²) in [5, 5.41) is 2.94. The van der Waals surface area contributed by atoms with Crippen LogP contribution in [0.2, 0.25) is 10.0 Å². The molecule has 0 bridgehead atoms. The maximum atomic E-state index is 13.7. The Morgan fingerprint density at radius 1 is 0.944 bits per heavy atom. The third kappa shape index (κ3) is 6.37. The molecule has 0 spiro atoms. The molecule has 36 heavy (non-hydrogen) atoms. The Hall–Kier alpha value is -3.07. The number of nitrogens with one attached hydrogen (secondary N) is 1. The summed E-state index contributed by atoms with van der Waals surface area (Å²) in [5.74, 6) is -0.932. The van der Waals surface area contributed by atoms with E-state index in [0.29, 0.717) is 0 Å². The molecule has 1 N–H and O–H groups in total. The minimum absolute atomic E-state index is 0.0148. The van der Waals surface area contributed by atoms with Gasteiger partial charge in [0.25, 0.3) is 10.0 Å². The van der Waals surface area contributed by atoms with Gasteiger partial charge in [-0.25, -0.2) is 8.42 Å². The van der Waals surface area contributed by atoms with E-state index in [1.807, 2.05) is 37.3 Å². The summed E-state index contributed by atoms with van der Waals surface area (Å²) in [6.07, 6.45) is 0. The van der Waals surface area contributed by atoms with Crippen molar-refractivity contribution in [2.75, 3.05) is 17.9 Å². The number of sulfonamides is 1. The lowest BCUT2D eigenvalue weighted by Gasteiger charge is -2.31. The van der Waals surface area contributed by atoms with Gasteiger partial charge in [0.05, 0.1) is 20.6 Å². The number of rotatable bonds is 9. The van der Waals surface area contributed by atoms with Crippen molar-refractivity contribution in [1.82, 2.24) is 10.2 Å². The second kappa shape index (κ2) is 11.8. The topological polar surface area (TPSA) is 86.8 Å². The van der Waals surface area contributed by atoms with Crippen molar-refractivity contribution < 1.29 is 18.0 Å². The average molecular weight is 548 g/mol. The molecule has 1 atom stereocenters. The van der Waals surface area contributed by atoms with Gasteiger partial charge in [0.1, 0.15) is 12.6 Å². The first-order chi connectivity index (χ1) is 17.0. The summed E-state index contributed by atoms with van der Waals surface area (Å²) in [4.78, 5) is 27.5. The van der Waals surface area contributed by atoms with E-state index in [0.717, 1.165) is 15.4 Å². The number of carbonyl (C=O) groups excluding carboxylic acids is 2. The summed E-state index contributed by atoms with van der Waals surface area (Å²) in [6, 6.07) is 19.0. The van der Waals surface area contributed by atoms with Crippen molar-refractivity contribution in [3.8, 4) is 0 Å². The third-order valence-corrected chi connectivity index (χ3v) is 8.22. The normalized spacial score (nSPS) is 12.0. The first-order valence-corrected chi connectivity index (χ1v) is 13.3. The van der Waals surface area contributed by atoms with Crippen molar-refractivity contribution in [2.24, 2.45) is 0 Å². The maximum Gasteiger partial charge on any atom is 0.264 e. The highest BCUT2D eigenvalue weighted by Crippen LogP contribution is 2.31. The average Bonchev–Trinajstić information content (AvgIpc) is 2.87. The number of amides is 2. The number of halogens is 2. The SMILES string of the molecule is CNC(=O)C(C)N(Cc1ccccc1)C(=O)CN(c1ccc(Cl)c(Cl)c1)S(=O)(=O)c1ccc(C)cc1. The van der Waals surface area contributed by atoms with E-state index in [-0.39, 0.29) is 33.1 Å². The summed E-state index contributed by atoms with van der Waals surface area (Å²) < 4.78 is 28.4. The van der Waals surface area contributed by atoms with E-state index in [1.54, 1.807) is 19.1 Å². The van der Waals surface area contributed by atoms with E-state index in [1.165, 1.54) is 42.3 Å². The van der Waals surface area contributed by atoms with Crippen molar-refractivity contribution >= 4 is 50.7 Å². The maximum absolute atomic E-state index is 13.7. The molecule has 0 aromatic heterocycles. The van der Waals surface area contributed by atoms with Crippen LogP contribution in [0.4, 0.5) is 5.69 Å². The fraction of sp³-hybridized carbons (Fsp3) is 0.231. The molecular weight excluding hydrogens is 521 g/mol. The molecule has 0 heterocycles. The standard InChI is InChI=1S/C26H27Cl2N3O4S/c1-18-9-12-22(13-10-18)36(34,35)31(21-11-14-23(27)24(28)15-21)17-25(32)30(19(2)26(33)29-3)16-20-7-5-4-6-8-20/h4-15,19H,16-17H2,1-3H3,(H,29,33). The van der Waals surface area contributed by atoms with Crippen LogP contribution in [0.5, 0.6) is 0 Å². The van der Waals surface area contributed by atoms with Crippen LogP contribution in [0.1, 0.15) is 18.1 Å². The van der Waals surface area contributed by atoms with Gasteiger partial charge in [-0.05, 0) is 49.7 Å². The minimum atomic E-state index is -4.17. The molecule has 0 fully saturated rings. The van der Waals surface area contributed by atoms with E-state index in [9.17, 15) is 18.0 Å². The lowest BCUT2D eigenvalue weighted by molar-refractivity contribution is -0.139. The van der Waals surface area contributed by atoms with Crippen LogP contribution >= 0.6 is 23.2 Å². The number of hydrogen-bond acceptors (Lipinski definition) is 4. The number of aryl methyl sites for hydroxylation is 1. The highest BCUT2D eigenvalue weighted by atomic mass is 35.5. The zero-order chi connectivity index (χ0) is 26.5. The molecule has 3 aromatic rings. The van der Waals surface area contributed by atoms with E-state index < -0.39 is 28.5 Å². The lowest BCUT2D eigenvalue weighted by Crippen LogP contribution is -2.50. The van der Waals surface area contributed by atoms with Gasteiger partial charge in [-0.1, -0.05) is 71.2 Å². The summed E-state index contributed by atoms with van der Waals surface area (Å²) in [6.45, 7) is 3.01. The van der Waals surface area contributed by atoms with Crippen LogP contribution in [-0.4, -0.2) is 44.8 Å². The van der Waals surface area contributed by atoms with Gasteiger partial charge in [0.15, 0.2) is 0 Å². The molecule has 1 unspecified atom stereocenters. The predicted molar refractivity (Wildman–Crippen MR) is 143 cm³/mol. The Kier molecular flexibility index (Phi) is 9.00. The van der Waals surface area contributed by atoms with Crippen molar-refractivity contribution in [3.63, 3.8) is 0 Å². The number of nitrogens with zero attached hydrogens (tertiary/aromatic N) is 2. The molecule has 2 amide bonds. The second-order valence-electron chi connectivity index (χ2n) is 8.22. The fourth-order valence-corrected chi connectivity index (χ4v) is 5.28. The van der Waals surface area contributed by atoms with Crippen LogP contribution in [0.25, 0.3) is 0 Å². The molecule has 0 aliphatic rings. The monoisotopic (exact) mass is 547 g/mol. The van der Waals surface area contributed by atoms with Crippen LogP contribution in [0, 0.1) is 6.92 Å². The number of benzene rings is 3. The Labute approximate surface area is 221 Å². The Morgan fingerprint density at radius 2 is 1.58 bits per heavy atom. The molecule has 190 valence electrons. The minimum Gasteiger partial charge on any atom is -0.357 e. The lowest BCUT2D eigenvalue weighted by atomic mass is 10.1. The van der Waals surface area contributed by atoms with Gasteiger partial charge in [-0.3, -0.25) is 13.9 Å². The zero-order valence-electron chi connectivity index (χ0n) is 20.1. The highest BCUT2D eigenvalue weighted by Gasteiger charge is 2.32. The van der Waals surface area contributed by atoms with E-state index in [2.05, 4.69) is 5.32 Å². The van der Waals surface area contributed by atoms with Crippen molar-refractivity contribution in [1.29, 1.82) is 0 Å². The van der Waals surface area contributed by atoms with Gasteiger partial charge in [-0.2, -0.15) is 0 Å². The van der Waals surface area contributed by atoms with E-state index >= 15 is 0 Å². The molecule has 3 aromatic carbocycles. The molecule has 0 saturated heterocycles. The smallest absolute Gasteiger partial charge is 0.264 e. The Balaban J connectivity index is 2.05. The Morgan fingerprint density at radius 3 is 2.17 bits per heavy atom. The van der Waals surface area contributed by atoms with Gasteiger partial charge in [-0.15, -0.1) is 0 Å². The quantitative estimate of drug-likeness (QED) is 0.422. The van der Waals surface area contributed by atoms with Gasteiger partial charge in [0.2, 0.25) is 11.8 Å². The fourth-order valence-electron chi connectivity index (χ4n) is 3.58. The van der Waals surface area contributed by atoms with Gasteiger partial charge in [0, 0.05) is 13.6 Å². The molecule has 3 rings (SSSR count). The van der Waals surface area contributed by atoms with Crippen LogP contribution in [-0.2, 0) is 26.2 Å². The first-order valence-electron chi connectivity index (χ1n) is 11.1. The summed E-state index contributed by atoms with van der Waals surface area (Å²) >= 11 is 12.2. The molecule has 0 radical (unpaired) electrons. The Bertz CT molecular complexity index is 1330. The highest BCUT2D eigenvalue weighted by molar-refractivity contribution is 7.92. The number of hydrogen-bond donors (Lipinski definition) is 1. The van der Waals surface area contributed by atoms with Crippen LogP contribution < -0.4 is 9.62 Å². The second-order valence-corrected chi connectivity index (χ2v) is 10.9. The molecule has 0 saturated carbocycles. The third-order valence-electron chi connectivity index (χ3n) is 5.69. The molecule has 0 aliphatic carbocycles. The number of carbonyl (C=O) groups is 2.